The lowest BCUT2D eigenvalue weighted by Crippen LogP contribution is -2.31. The highest BCUT2D eigenvalue weighted by atomic mass is 16.5. The first-order chi connectivity index (χ1) is 13.4. The Morgan fingerprint density at radius 1 is 1.36 bits per heavy atom. The van der Waals surface area contributed by atoms with E-state index in [-0.39, 0.29) is 12.1 Å². The van der Waals surface area contributed by atoms with Crippen LogP contribution in [-0.2, 0) is 6.54 Å². The molecule has 2 amide bonds. The number of urea groups is 1. The molecule has 0 spiro atoms. The molecule has 148 valence electrons. The molecule has 0 atom stereocenters. The lowest BCUT2D eigenvalue weighted by atomic mass is 10.3. The first-order valence-electron chi connectivity index (χ1n) is 9.00. The van der Waals surface area contributed by atoms with Crippen LogP contribution < -0.4 is 10.1 Å². The van der Waals surface area contributed by atoms with E-state index in [1.165, 1.54) is 0 Å². The van der Waals surface area contributed by atoms with Crippen molar-refractivity contribution in [2.45, 2.75) is 33.4 Å². The summed E-state index contributed by atoms with van der Waals surface area (Å²) in [5, 5.41) is 11.4. The van der Waals surface area contributed by atoms with E-state index >= 15 is 0 Å². The summed E-state index contributed by atoms with van der Waals surface area (Å²) in [6, 6.07) is 7.51. The zero-order valence-corrected chi connectivity index (χ0v) is 16.7. The molecule has 2 heterocycles. The fourth-order valence-corrected chi connectivity index (χ4v) is 2.82. The van der Waals surface area contributed by atoms with Crippen LogP contribution in [-0.4, -0.2) is 49.6 Å². The molecule has 0 saturated heterocycles. The molecule has 0 radical (unpaired) electrons. The summed E-state index contributed by atoms with van der Waals surface area (Å²) >= 11 is 0. The van der Waals surface area contributed by atoms with Gasteiger partial charge in [-0.1, -0.05) is 6.07 Å². The lowest BCUT2D eigenvalue weighted by molar-refractivity contribution is 0.220. The van der Waals surface area contributed by atoms with Gasteiger partial charge in [0.25, 0.3) is 0 Å². The molecule has 9 heteroatoms. The van der Waals surface area contributed by atoms with Gasteiger partial charge in [0.15, 0.2) is 0 Å². The maximum absolute atomic E-state index is 12.4. The highest BCUT2D eigenvalue weighted by Gasteiger charge is 2.15. The summed E-state index contributed by atoms with van der Waals surface area (Å²) < 4.78 is 8.77. The van der Waals surface area contributed by atoms with Crippen LogP contribution in [0.2, 0.25) is 0 Å². The maximum atomic E-state index is 12.4. The number of hydrogen-bond acceptors (Lipinski definition) is 5. The highest BCUT2D eigenvalue weighted by Crippen LogP contribution is 2.17. The van der Waals surface area contributed by atoms with Crippen molar-refractivity contribution >= 4 is 12.0 Å². The number of nitrogens with one attached hydrogen (secondary N) is 1. The smallest absolute Gasteiger partial charge is 0.324 e. The topological polar surface area (TPSA) is 90.1 Å². The van der Waals surface area contributed by atoms with Crippen molar-refractivity contribution in [3.8, 4) is 11.4 Å². The predicted octanol–water partition coefficient (Wildman–Crippen LogP) is 3.03. The molecule has 0 saturated carbocycles. The van der Waals surface area contributed by atoms with Crippen LogP contribution in [0.1, 0.15) is 31.3 Å². The molecule has 1 aromatic carbocycles. The number of methoxy groups -OCH3 is 1. The number of hydrogen-bond donors (Lipinski definition) is 1. The molecule has 1 N–H and O–H groups in total. The first-order valence-corrected chi connectivity index (χ1v) is 9.00. The zero-order valence-electron chi connectivity index (χ0n) is 16.7. The van der Waals surface area contributed by atoms with E-state index in [9.17, 15) is 4.79 Å². The van der Waals surface area contributed by atoms with Gasteiger partial charge in [-0.3, -0.25) is 5.32 Å². The third-order valence-electron chi connectivity index (χ3n) is 4.23. The van der Waals surface area contributed by atoms with Crippen LogP contribution in [0.3, 0.4) is 0 Å². The minimum atomic E-state index is -0.282. The molecule has 3 rings (SSSR count). The molecule has 0 aliphatic heterocycles. The Balaban J connectivity index is 1.64. The quantitative estimate of drug-likeness (QED) is 0.707. The van der Waals surface area contributed by atoms with Crippen LogP contribution in [0.5, 0.6) is 5.75 Å². The molecule has 9 nitrogen and oxygen atoms in total. The normalized spacial score (nSPS) is 10.9. The molecule has 2 aromatic heterocycles. The Bertz CT molecular complexity index is 961. The van der Waals surface area contributed by atoms with Gasteiger partial charge in [0, 0.05) is 30.9 Å². The van der Waals surface area contributed by atoms with Crippen LogP contribution >= 0.6 is 0 Å². The van der Waals surface area contributed by atoms with Crippen molar-refractivity contribution in [3.63, 3.8) is 0 Å². The van der Waals surface area contributed by atoms with Crippen LogP contribution in [0.25, 0.3) is 5.69 Å². The van der Waals surface area contributed by atoms with Gasteiger partial charge in [0.05, 0.1) is 25.5 Å². The van der Waals surface area contributed by atoms with E-state index in [4.69, 9.17) is 4.74 Å². The van der Waals surface area contributed by atoms with Gasteiger partial charge < -0.3 is 9.64 Å². The average Bonchev–Trinajstić information content (AvgIpc) is 3.28. The summed E-state index contributed by atoms with van der Waals surface area (Å²) in [6.45, 7) is 6.29. The van der Waals surface area contributed by atoms with Crippen LogP contribution in [0.4, 0.5) is 10.7 Å². The van der Waals surface area contributed by atoms with E-state index in [1.807, 2.05) is 51.2 Å². The van der Waals surface area contributed by atoms with Crippen molar-refractivity contribution in [1.29, 1.82) is 0 Å². The summed E-state index contributed by atoms with van der Waals surface area (Å²) in [4.78, 5) is 18.3. The Labute approximate surface area is 163 Å². The fraction of sp³-hybridized carbons (Fsp3) is 0.368. The van der Waals surface area contributed by atoms with Gasteiger partial charge in [0.1, 0.15) is 11.6 Å². The summed E-state index contributed by atoms with van der Waals surface area (Å²) in [5.74, 6) is 1.82. The third kappa shape index (κ3) is 4.30. The van der Waals surface area contributed by atoms with E-state index in [0.717, 1.165) is 22.8 Å². The summed E-state index contributed by atoms with van der Waals surface area (Å²) in [5.41, 5.74) is 1.79. The average molecular weight is 383 g/mol. The van der Waals surface area contributed by atoms with Crippen molar-refractivity contribution in [2.75, 3.05) is 19.5 Å². The largest absolute Gasteiger partial charge is 0.497 e. The Hall–Kier alpha value is -3.36. The number of amides is 2. The SMILES string of the molecule is COc1cccc(-n2cc(CN(C)C(=O)Nc3nc(C)n(C(C)C)n3)cn2)c1. The number of benzene rings is 1. The number of aromatic nitrogens is 5. The molecule has 0 fully saturated rings. The number of aryl methyl sites for hydroxylation is 1. The molecule has 3 aromatic rings. The molecule has 0 bridgehead atoms. The van der Waals surface area contributed by atoms with E-state index < -0.39 is 0 Å². The van der Waals surface area contributed by atoms with Gasteiger partial charge in [-0.2, -0.15) is 10.1 Å². The van der Waals surface area contributed by atoms with Crippen LogP contribution in [0.15, 0.2) is 36.7 Å². The molecule has 0 unspecified atom stereocenters. The second kappa shape index (κ2) is 8.12. The third-order valence-corrected chi connectivity index (χ3v) is 4.23. The van der Waals surface area contributed by atoms with Gasteiger partial charge in [-0.15, -0.1) is 5.10 Å². The molecular weight excluding hydrogens is 358 g/mol. The second-order valence-electron chi connectivity index (χ2n) is 6.80. The highest BCUT2D eigenvalue weighted by molar-refractivity contribution is 5.87. The summed E-state index contributed by atoms with van der Waals surface area (Å²) in [6.07, 6.45) is 3.62. The van der Waals surface area contributed by atoms with Crippen molar-refractivity contribution in [2.24, 2.45) is 0 Å². The van der Waals surface area contributed by atoms with E-state index in [1.54, 1.807) is 34.6 Å². The maximum Gasteiger partial charge on any atom is 0.324 e. The standard InChI is InChI=1S/C19H25N7O2/c1-13(2)26-14(3)21-18(23-26)22-19(27)24(4)11-15-10-20-25(12-15)16-7-6-8-17(9-16)28-5/h6-10,12-13H,11H2,1-5H3,(H,22,23,27). The minimum Gasteiger partial charge on any atom is -0.497 e. The van der Waals surface area contributed by atoms with E-state index in [2.05, 4.69) is 20.5 Å². The van der Waals surface area contributed by atoms with Crippen molar-refractivity contribution < 1.29 is 9.53 Å². The monoisotopic (exact) mass is 383 g/mol. The zero-order chi connectivity index (χ0) is 20.3. The van der Waals surface area contributed by atoms with E-state index in [0.29, 0.717) is 12.5 Å². The molecule has 0 aliphatic rings. The number of nitrogens with zero attached hydrogens (tertiary/aromatic N) is 6. The second-order valence-corrected chi connectivity index (χ2v) is 6.80. The van der Waals surface area contributed by atoms with Gasteiger partial charge >= 0.3 is 6.03 Å². The lowest BCUT2D eigenvalue weighted by Gasteiger charge is -2.15. The summed E-state index contributed by atoms with van der Waals surface area (Å²) in [7, 11) is 3.34. The van der Waals surface area contributed by atoms with Crippen molar-refractivity contribution in [3.05, 3.63) is 48.0 Å². The Kier molecular flexibility index (Phi) is 5.62. The molecule has 0 aliphatic carbocycles. The Morgan fingerprint density at radius 3 is 2.82 bits per heavy atom. The first kappa shape index (κ1) is 19.4. The van der Waals surface area contributed by atoms with Crippen LogP contribution in [0, 0.1) is 6.92 Å². The number of rotatable bonds is 6. The molecular formula is C19H25N7O2. The number of carbonyl (C=O) groups excluding carboxylic acids is 1. The minimum absolute atomic E-state index is 0.179. The number of carbonyl (C=O) groups is 1. The fourth-order valence-electron chi connectivity index (χ4n) is 2.82. The Morgan fingerprint density at radius 2 is 2.14 bits per heavy atom. The molecule has 28 heavy (non-hydrogen) atoms. The van der Waals surface area contributed by atoms with Gasteiger partial charge in [-0.25, -0.2) is 14.2 Å². The predicted molar refractivity (Wildman–Crippen MR) is 106 cm³/mol. The van der Waals surface area contributed by atoms with Gasteiger partial charge in [-0.05, 0) is 32.9 Å². The number of anilines is 1. The van der Waals surface area contributed by atoms with Gasteiger partial charge in [0.2, 0.25) is 5.95 Å². The number of ether oxygens (including phenoxy) is 1. The van der Waals surface area contributed by atoms with Crippen molar-refractivity contribution in [1.82, 2.24) is 29.4 Å².